The van der Waals surface area contributed by atoms with Gasteiger partial charge in [-0.25, -0.2) is 0 Å². The largest absolute Gasteiger partial charge is 0.255 e. The Labute approximate surface area is 121 Å². The fraction of sp³-hybridized carbons (Fsp3) is 0.0667. The van der Waals surface area contributed by atoms with Crippen LogP contribution in [0.25, 0.3) is 0 Å². The van der Waals surface area contributed by atoms with Gasteiger partial charge in [-0.3, -0.25) is 9.98 Å². The van der Waals surface area contributed by atoms with Crippen molar-refractivity contribution < 1.29 is 20.4 Å². The quantitative estimate of drug-likeness (QED) is 0.596. The van der Waals surface area contributed by atoms with Crippen molar-refractivity contribution in [2.45, 2.75) is 6.92 Å². The van der Waals surface area contributed by atoms with E-state index in [1.54, 1.807) is 6.21 Å². The second kappa shape index (κ2) is 7.71. The first-order valence-electron chi connectivity index (χ1n) is 5.54. The number of aliphatic imine (C=N–C) groups is 2. The van der Waals surface area contributed by atoms with Gasteiger partial charge in [0.05, 0.1) is 17.1 Å². The molecule has 0 aliphatic rings. The number of nitrogens with zero attached hydrogens (tertiary/aromatic N) is 2. The molecule has 0 unspecified atom stereocenters. The molecule has 0 fully saturated rings. The summed E-state index contributed by atoms with van der Waals surface area (Å²) in [4.78, 5) is 8.79. The molecule has 0 aliphatic carbocycles. The minimum Gasteiger partial charge on any atom is -0.255 e. The Kier molecular flexibility index (Phi) is 6.21. The van der Waals surface area contributed by atoms with E-state index in [2.05, 4.69) is 9.98 Å². The molecule has 2 nitrogen and oxygen atoms in total. The van der Waals surface area contributed by atoms with Crippen LogP contribution in [-0.2, 0) is 20.4 Å². The summed E-state index contributed by atoms with van der Waals surface area (Å²) in [5, 5.41) is 0. The molecule has 0 saturated heterocycles. The predicted octanol–water partition coefficient (Wildman–Crippen LogP) is 4.18. The maximum Gasteiger partial charge on any atom is 0.0633 e. The van der Waals surface area contributed by atoms with Gasteiger partial charge in [0.15, 0.2) is 0 Å². The molecule has 0 heterocycles. The number of rotatable bonds is 3. The molecular weight excluding hydrogens is 315 g/mol. The van der Waals surface area contributed by atoms with Crippen LogP contribution in [-0.4, -0.2) is 11.9 Å². The third kappa shape index (κ3) is 4.75. The zero-order chi connectivity index (χ0) is 11.9. The summed E-state index contributed by atoms with van der Waals surface area (Å²) in [5.74, 6) is 0. The molecule has 0 bridgehead atoms. The summed E-state index contributed by atoms with van der Waals surface area (Å²) in [6.07, 6.45) is 1.78. The van der Waals surface area contributed by atoms with Crippen molar-refractivity contribution in [3.05, 3.63) is 60.7 Å². The van der Waals surface area contributed by atoms with Crippen LogP contribution in [0, 0.1) is 0 Å². The first-order valence-corrected chi connectivity index (χ1v) is 5.54. The average Bonchev–Trinajstić information content (AvgIpc) is 2.39. The van der Waals surface area contributed by atoms with E-state index in [1.165, 1.54) is 0 Å². The van der Waals surface area contributed by atoms with Crippen molar-refractivity contribution in [2.75, 3.05) is 0 Å². The van der Waals surface area contributed by atoms with Crippen molar-refractivity contribution in [1.29, 1.82) is 0 Å². The van der Waals surface area contributed by atoms with Gasteiger partial charge in [0.2, 0.25) is 0 Å². The van der Waals surface area contributed by atoms with E-state index in [-0.39, 0.29) is 20.4 Å². The molecule has 0 N–H and O–H groups in total. The molecule has 0 amide bonds. The molecular formula is C15H14N2Pd. The zero-order valence-electron chi connectivity index (χ0n) is 10.1. The van der Waals surface area contributed by atoms with Gasteiger partial charge in [0, 0.05) is 26.6 Å². The molecule has 0 aromatic heterocycles. The molecule has 0 aliphatic heterocycles. The van der Waals surface area contributed by atoms with E-state index >= 15 is 0 Å². The maximum atomic E-state index is 4.44. The smallest absolute Gasteiger partial charge is 0.0633 e. The summed E-state index contributed by atoms with van der Waals surface area (Å²) in [5.41, 5.74) is 2.78. The first kappa shape index (κ1) is 14.5. The topological polar surface area (TPSA) is 24.7 Å². The standard InChI is InChI=1S/C15H14N2.Pd/c1-13(17-15-10-6-3-7-11-15)12-16-14-8-4-2-5-9-14;/h2-12H,1H3;. The van der Waals surface area contributed by atoms with Crippen LogP contribution >= 0.6 is 0 Å². The summed E-state index contributed by atoms with van der Waals surface area (Å²) in [6, 6.07) is 19.7. The van der Waals surface area contributed by atoms with Gasteiger partial charge in [0.1, 0.15) is 0 Å². The normalized spacial score (nSPS) is 11.3. The monoisotopic (exact) mass is 328 g/mol. The van der Waals surface area contributed by atoms with Crippen molar-refractivity contribution in [3.8, 4) is 0 Å². The van der Waals surface area contributed by atoms with Crippen molar-refractivity contribution in [2.24, 2.45) is 9.98 Å². The van der Waals surface area contributed by atoms with Crippen molar-refractivity contribution >= 4 is 23.3 Å². The Balaban J connectivity index is 0.00000162. The Morgan fingerprint density at radius 2 is 1.33 bits per heavy atom. The molecule has 18 heavy (non-hydrogen) atoms. The minimum absolute atomic E-state index is 0. The minimum atomic E-state index is 0. The molecule has 0 saturated carbocycles. The van der Waals surface area contributed by atoms with Gasteiger partial charge in [-0.2, -0.15) is 0 Å². The van der Waals surface area contributed by atoms with Gasteiger partial charge in [0.25, 0.3) is 0 Å². The van der Waals surface area contributed by atoms with E-state index < -0.39 is 0 Å². The van der Waals surface area contributed by atoms with Crippen LogP contribution in [0.5, 0.6) is 0 Å². The van der Waals surface area contributed by atoms with E-state index in [4.69, 9.17) is 0 Å². The van der Waals surface area contributed by atoms with Crippen LogP contribution < -0.4 is 0 Å². The third-order valence-electron chi connectivity index (χ3n) is 2.22. The molecule has 2 aromatic rings. The summed E-state index contributed by atoms with van der Waals surface area (Å²) >= 11 is 0. The Morgan fingerprint density at radius 1 is 0.833 bits per heavy atom. The average molecular weight is 329 g/mol. The SMILES string of the molecule is CC(C=Nc1ccccc1)=Nc1ccccc1.[Pd]. The van der Waals surface area contributed by atoms with E-state index in [0.717, 1.165) is 17.1 Å². The number of para-hydroxylation sites is 2. The molecule has 0 spiro atoms. The van der Waals surface area contributed by atoms with E-state index in [0.29, 0.717) is 0 Å². The van der Waals surface area contributed by atoms with Crippen LogP contribution in [0.2, 0.25) is 0 Å². The number of hydrogen-bond acceptors (Lipinski definition) is 2. The number of hydrogen-bond donors (Lipinski definition) is 0. The molecule has 0 atom stereocenters. The third-order valence-corrected chi connectivity index (χ3v) is 2.22. The van der Waals surface area contributed by atoms with Crippen molar-refractivity contribution in [1.82, 2.24) is 0 Å². The van der Waals surface area contributed by atoms with Crippen LogP contribution in [0.15, 0.2) is 70.6 Å². The fourth-order valence-electron chi connectivity index (χ4n) is 1.42. The fourth-order valence-corrected chi connectivity index (χ4v) is 1.42. The molecule has 2 rings (SSSR count). The second-order valence-corrected chi connectivity index (χ2v) is 3.68. The Morgan fingerprint density at radius 3 is 1.89 bits per heavy atom. The van der Waals surface area contributed by atoms with E-state index in [1.807, 2.05) is 67.6 Å². The number of benzene rings is 2. The predicted molar refractivity (Wildman–Crippen MR) is 73.8 cm³/mol. The maximum absolute atomic E-state index is 4.44. The molecule has 94 valence electrons. The van der Waals surface area contributed by atoms with Gasteiger partial charge in [-0.05, 0) is 31.2 Å². The summed E-state index contributed by atoms with van der Waals surface area (Å²) in [7, 11) is 0. The molecule has 0 radical (unpaired) electrons. The molecule has 2 aromatic carbocycles. The van der Waals surface area contributed by atoms with Crippen LogP contribution in [0.3, 0.4) is 0 Å². The van der Waals surface area contributed by atoms with Crippen LogP contribution in [0.1, 0.15) is 6.92 Å². The van der Waals surface area contributed by atoms with Gasteiger partial charge >= 0.3 is 0 Å². The Bertz CT molecular complexity index is 519. The summed E-state index contributed by atoms with van der Waals surface area (Å²) in [6.45, 7) is 1.94. The molecule has 3 heteroatoms. The first-order chi connectivity index (χ1) is 8.34. The summed E-state index contributed by atoms with van der Waals surface area (Å²) < 4.78 is 0. The second-order valence-electron chi connectivity index (χ2n) is 3.68. The van der Waals surface area contributed by atoms with Gasteiger partial charge in [-0.15, -0.1) is 0 Å². The van der Waals surface area contributed by atoms with Crippen LogP contribution in [0.4, 0.5) is 11.4 Å². The van der Waals surface area contributed by atoms with Gasteiger partial charge in [-0.1, -0.05) is 36.4 Å². The van der Waals surface area contributed by atoms with Crippen molar-refractivity contribution in [3.63, 3.8) is 0 Å². The Hall–Kier alpha value is -1.56. The zero-order valence-corrected chi connectivity index (χ0v) is 11.6. The van der Waals surface area contributed by atoms with E-state index in [9.17, 15) is 0 Å². The van der Waals surface area contributed by atoms with Gasteiger partial charge < -0.3 is 0 Å².